The fraction of sp³-hybridized carbons (Fsp3) is 0.381. The van der Waals surface area contributed by atoms with Crippen LogP contribution in [-0.2, 0) is 6.54 Å². The maximum Gasteiger partial charge on any atom is 0.259 e. The molecule has 27 heavy (non-hydrogen) atoms. The monoisotopic (exact) mass is 363 g/mol. The summed E-state index contributed by atoms with van der Waals surface area (Å²) in [5.74, 6) is 0.0315. The van der Waals surface area contributed by atoms with Gasteiger partial charge in [-0.05, 0) is 31.9 Å². The second kappa shape index (κ2) is 7.48. The summed E-state index contributed by atoms with van der Waals surface area (Å²) in [4.78, 5) is 22.0. The van der Waals surface area contributed by atoms with Gasteiger partial charge >= 0.3 is 0 Å². The van der Waals surface area contributed by atoms with Gasteiger partial charge in [-0.25, -0.2) is 9.50 Å². The number of fused-ring (bicyclic) bond motifs is 1. The van der Waals surface area contributed by atoms with Crippen molar-refractivity contribution in [3.05, 3.63) is 65.1 Å². The van der Waals surface area contributed by atoms with Crippen LogP contribution in [-0.4, -0.2) is 56.5 Å². The summed E-state index contributed by atoms with van der Waals surface area (Å²) in [5.41, 5.74) is 4.46. The maximum absolute atomic E-state index is 13.1. The van der Waals surface area contributed by atoms with Gasteiger partial charge in [0.25, 0.3) is 5.91 Å². The quantitative estimate of drug-likeness (QED) is 0.718. The molecule has 6 nitrogen and oxygen atoms in total. The van der Waals surface area contributed by atoms with Crippen LogP contribution in [0.2, 0.25) is 0 Å². The summed E-state index contributed by atoms with van der Waals surface area (Å²) in [6.45, 7) is 8.24. The Kier molecular flexibility index (Phi) is 4.90. The highest BCUT2D eigenvalue weighted by Crippen LogP contribution is 2.16. The molecule has 1 fully saturated rings. The predicted molar refractivity (Wildman–Crippen MR) is 105 cm³/mol. The van der Waals surface area contributed by atoms with Crippen LogP contribution in [0.15, 0.2) is 42.6 Å². The smallest absolute Gasteiger partial charge is 0.259 e. The highest BCUT2D eigenvalue weighted by Gasteiger charge is 2.24. The number of benzene rings is 1. The highest BCUT2D eigenvalue weighted by atomic mass is 16.2. The topological polar surface area (TPSA) is 53.7 Å². The Morgan fingerprint density at radius 3 is 2.70 bits per heavy atom. The van der Waals surface area contributed by atoms with Gasteiger partial charge in [-0.2, -0.15) is 5.10 Å². The van der Waals surface area contributed by atoms with E-state index in [4.69, 9.17) is 0 Å². The third kappa shape index (κ3) is 3.71. The molecule has 1 aliphatic heterocycles. The van der Waals surface area contributed by atoms with Crippen LogP contribution in [0.5, 0.6) is 0 Å². The Balaban J connectivity index is 1.49. The number of amides is 1. The van der Waals surface area contributed by atoms with Crippen molar-refractivity contribution >= 4 is 11.6 Å². The predicted octanol–water partition coefficient (Wildman–Crippen LogP) is 2.69. The summed E-state index contributed by atoms with van der Waals surface area (Å²) in [5, 5.41) is 4.37. The van der Waals surface area contributed by atoms with E-state index in [1.807, 2.05) is 30.9 Å². The molecule has 0 spiro atoms. The fourth-order valence-electron chi connectivity index (χ4n) is 3.77. The van der Waals surface area contributed by atoms with Gasteiger partial charge in [0.1, 0.15) is 5.56 Å². The second-order valence-corrected chi connectivity index (χ2v) is 7.24. The Morgan fingerprint density at radius 1 is 1.07 bits per heavy atom. The van der Waals surface area contributed by atoms with E-state index in [0.29, 0.717) is 11.2 Å². The van der Waals surface area contributed by atoms with E-state index in [0.717, 1.165) is 50.5 Å². The molecule has 140 valence electrons. The summed E-state index contributed by atoms with van der Waals surface area (Å²) in [7, 11) is 0. The van der Waals surface area contributed by atoms with E-state index in [2.05, 4.69) is 39.2 Å². The Morgan fingerprint density at radius 2 is 1.89 bits per heavy atom. The normalized spacial score (nSPS) is 15.9. The molecule has 0 bridgehead atoms. The highest BCUT2D eigenvalue weighted by molar-refractivity contribution is 5.99. The first-order valence-electron chi connectivity index (χ1n) is 9.49. The van der Waals surface area contributed by atoms with Gasteiger partial charge in [-0.15, -0.1) is 0 Å². The van der Waals surface area contributed by atoms with Crippen molar-refractivity contribution in [1.29, 1.82) is 0 Å². The average molecular weight is 363 g/mol. The van der Waals surface area contributed by atoms with Gasteiger partial charge in [0.2, 0.25) is 0 Å². The lowest BCUT2D eigenvalue weighted by molar-refractivity contribution is 0.0763. The van der Waals surface area contributed by atoms with E-state index >= 15 is 0 Å². The van der Waals surface area contributed by atoms with Gasteiger partial charge in [-0.3, -0.25) is 9.69 Å². The molecular weight excluding hydrogens is 338 g/mol. The number of rotatable bonds is 3. The Labute approximate surface area is 159 Å². The number of hydrogen-bond acceptors (Lipinski definition) is 4. The van der Waals surface area contributed by atoms with Crippen molar-refractivity contribution in [2.45, 2.75) is 26.8 Å². The zero-order chi connectivity index (χ0) is 18.8. The molecule has 1 saturated heterocycles. The number of carbonyl (C=O) groups is 1. The van der Waals surface area contributed by atoms with Crippen LogP contribution in [0.1, 0.15) is 33.7 Å². The van der Waals surface area contributed by atoms with Crippen molar-refractivity contribution in [1.82, 2.24) is 24.4 Å². The lowest BCUT2D eigenvalue weighted by atomic mass is 10.2. The van der Waals surface area contributed by atoms with Gasteiger partial charge in [0, 0.05) is 44.1 Å². The van der Waals surface area contributed by atoms with Crippen LogP contribution in [0, 0.1) is 13.8 Å². The summed E-state index contributed by atoms with van der Waals surface area (Å²) in [6.07, 6.45) is 2.63. The van der Waals surface area contributed by atoms with Gasteiger partial charge in [0.05, 0.1) is 6.20 Å². The molecule has 0 radical (unpaired) electrons. The zero-order valence-electron chi connectivity index (χ0n) is 15.9. The van der Waals surface area contributed by atoms with E-state index in [9.17, 15) is 4.79 Å². The van der Waals surface area contributed by atoms with Crippen LogP contribution in [0.25, 0.3) is 5.65 Å². The molecule has 1 aromatic carbocycles. The maximum atomic E-state index is 13.1. The number of aromatic nitrogens is 3. The first-order chi connectivity index (χ1) is 13.1. The molecule has 0 aliphatic carbocycles. The largest absolute Gasteiger partial charge is 0.337 e. The van der Waals surface area contributed by atoms with Crippen LogP contribution < -0.4 is 0 Å². The number of aryl methyl sites for hydroxylation is 2. The van der Waals surface area contributed by atoms with Gasteiger partial charge in [0.15, 0.2) is 5.65 Å². The Hall–Kier alpha value is -2.73. The third-order valence-corrected chi connectivity index (χ3v) is 5.13. The third-order valence-electron chi connectivity index (χ3n) is 5.13. The summed E-state index contributed by atoms with van der Waals surface area (Å²) >= 11 is 0. The second-order valence-electron chi connectivity index (χ2n) is 7.24. The summed E-state index contributed by atoms with van der Waals surface area (Å²) < 4.78 is 1.75. The molecule has 0 unspecified atom stereocenters. The number of hydrogen-bond donors (Lipinski definition) is 0. The molecular formula is C21H25N5O. The first-order valence-corrected chi connectivity index (χ1v) is 9.49. The van der Waals surface area contributed by atoms with Gasteiger partial charge in [-0.1, -0.05) is 30.3 Å². The summed E-state index contributed by atoms with van der Waals surface area (Å²) in [6, 6.07) is 12.5. The molecule has 2 aromatic heterocycles. The van der Waals surface area contributed by atoms with Crippen LogP contribution in [0.3, 0.4) is 0 Å². The lowest BCUT2D eigenvalue weighted by Crippen LogP contribution is -2.35. The standard InChI is InChI=1S/C21H25N5O/c1-16-13-17(2)26-20(23-16)19(14-22-26)21(27)25-10-6-9-24(11-12-25)15-18-7-4-3-5-8-18/h3-5,7-8,13-14H,6,9-12,15H2,1-2H3. The van der Waals surface area contributed by atoms with E-state index in [1.54, 1.807) is 10.7 Å². The van der Waals surface area contributed by atoms with Crippen molar-refractivity contribution in [2.75, 3.05) is 26.2 Å². The molecule has 0 N–H and O–H groups in total. The average Bonchev–Trinajstić information content (AvgIpc) is 2.94. The van der Waals surface area contributed by atoms with E-state index in [1.165, 1.54) is 5.56 Å². The fourth-order valence-corrected chi connectivity index (χ4v) is 3.77. The van der Waals surface area contributed by atoms with Crippen molar-refractivity contribution in [2.24, 2.45) is 0 Å². The van der Waals surface area contributed by atoms with Gasteiger partial charge < -0.3 is 4.90 Å². The van der Waals surface area contributed by atoms with E-state index < -0.39 is 0 Å². The molecule has 0 atom stereocenters. The van der Waals surface area contributed by atoms with Crippen molar-refractivity contribution in [3.8, 4) is 0 Å². The van der Waals surface area contributed by atoms with E-state index in [-0.39, 0.29) is 5.91 Å². The number of carbonyl (C=O) groups excluding carboxylic acids is 1. The van der Waals surface area contributed by atoms with Crippen molar-refractivity contribution in [3.63, 3.8) is 0 Å². The molecule has 6 heteroatoms. The minimum Gasteiger partial charge on any atom is -0.337 e. The molecule has 1 amide bonds. The molecule has 3 heterocycles. The minimum atomic E-state index is 0.0315. The minimum absolute atomic E-state index is 0.0315. The zero-order valence-corrected chi connectivity index (χ0v) is 15.9. The van der Waals surface area contributed by atoms with Crippen LogP contribution in [0.4, 0.5) is 0 Å². The molecule has 3 aromatic rings. The Bertz CT molecular complexity index is 950. The SMILES string of the molecule is Cc1cc(C)n2ncc(C(=O)N3CCCN(Cc4ccccc4)CC3)c2n1. The van der Waals surface area contributed by atoms with Crippen LogP contribution >= 0.6 is 0 Å². The molecule has 1 aliphatic rings. The molecule has 4 rings (SSSR count). The van der Waals surface area contributed by atoms with Crippen molar-refractivity contribution < 1.29 is 4.79 Å². The number of nitrogens with zero attached hydrogens (tertiary/aromatic N) is 5. The lowest BCUT2D eigenvalue weighted by Gasteiger charge is -2.21. The first kappa shape index (κ1) is 17.7. The molecule has 0 saturated carbocycles.